The SMILES string of the molecule is C=c1oc(=O)c(C(=O)O)c/c1=C(\C)C(C)=C(C)C. The molecule has 0 aliphatic rings. The molecule has 0 atom stereocenters. The Hall–Kier alpha value is -2.10. The molecule has 1 aromatic rings. The molecule has 0 fully saturated rings. The Balaban J connectivity index is 3.83. The monoisotopic (exact) mass is 248 g/mol. The van der Waals surface area contributed by atoms with Crippen molar-refractivity contribution in [3.63, 3.8) is 0 Å². The van der Waals surface area contributed by atoms with Crippen molar-refractivity contribution in [2.75, 3.05) is 0 Å². The molecule has 18 heavy (non-hydrogen) atoms. The molecule has 1 N–H and O–H groups in total. The molecule has 0 aliphatic heterocycles. The number of hydrogen-bond donors (Lipinski definition) is 1. The highest BCUT2D eigenvalue weighted by atomic mass is 16.4. The second-order valence-electron chi connectivity index (χ2n) is 4.34. The van der Waals surface area contributed by atoms with E-state index in [0.29, 0.717) is 5.22 Å². The van der Waals surface area contributed by atoms with Gasteiger partial charge in [0.25, 0.3) is 0 Å². The molecule has 1 aromatic heterocycles. The molecule has 0 unspecified atom stereocenters. The lowest BCUT2D eigenvalue weighted by Crippen LogP contribution is -2.33. The average molecular weight is 248 g/mol. The Morgan fingerprint density at radius 2 is 1.83 bits per heavy atom. The van der Waals surface area contributed by atoms with Crippen molar-refractivity contribution < 1.29 is 14.3 Å². The van der Waals surface area contributed by atoms with Gasteiger partial charge in [0, 0.05) is 5.22 Å². The minimum absolute atomic E-state index is 0.183. The molecule has 0 bridgehead atoms. The van der Waals surface area contributed by atoms with Gasteiger partial charge in [0.15, 0.2) is 0 Å². The van der Waals surface area contributed by atoms with Crippen LogP contribution in [0.3, 0.4) is 0 Å². The molecule has 96 valence electrons. The third-order valence-electron chi connectivity index (χ3n) is 2.97. The molecule has 0 aliphatic carbocycles. The maximum absolute atomic E-state index is 11.4. The summed E-state index contributed by atoms with van der Waals surface area (Å²) < 4.78 is 4.86. The Kier molecular flexibility index (Phi) is 3.91. The third-order valence-corrected chi connectivity index (χ3v) is 2.97. The standard InChI is InChI=1S/C14H16O4/c1-7(2)8(3)9(4)11-6-12(13(15)16)14(17)18-10(11)5/h6H,5H2,1-4H3,(H,15,16)/b11-9-. The molecule has 0 spiro atoms. The van der Waals surface area contributed by atoms with Gasteiger partial charge < -0.3 is 9.52 Å². The van der Waals surface area contributed by atoms with Gasteiger partial charge in [-0.3, -0.25) is 0 Å². The zero-order valence-electron chi connectivity index (χ0n) is 11.0. The lowest BCUT2D eigenvalue weighted by Gasteiger charge is -2.04. The number of aromatic carboxylic acids is 1. The van der Waals surface area contributed by atoms with Gasteiger partial charge in [-0.05, 0) is 44.9 Å². The summed E-state index contributed by atoms with van der Waals surface area (Å²) in [6, 6.07) is 1.32. The lowest BCUT2D eigenvalue weighted by atomic mass is 10.0. The van der Waals surface area contributed by atoms with Crippen molar-refractivity contribution >= 4 is 18.1 Å². The molecular formula is C14H16O4. The van der Waals surface area contributed by atoms with Gasteiger partial charge in [-0.25, -0.2) is 9.59 Å². The van der Waals surface area contributed by atoms with Crippen LogP contribution in [0.15, 0.2) is 26.4 Å². The molecule has 0 saturated carbocycles. The molecule has 0 radical (unpaired) electrons. The van der Waals surface area contributed by atoms with E-state index in [4.69, 9.17) is 9.52 Å². The van der Waals surface area contributed by atoms with Crippen LogP contribution >= 0.6 is 0 Å². The number of carboxylic acids is 1. The van der Waals surface area contributed by atoms with Gasteiger partial charge in [-0.1, -0.05) is 12.2 Å². The van der Waals surface area contributed by atoms with E-state index in [1.807, 2.05) is 27.7 Å². The van der Waals surface area contributed by atoms with E-state index in [1.54, 1.807) is 0 Å². The predicted molar refractivity (Wildman–Crippen MR) is 69.8 cm³/mol. The Morgan fingerprint density at radius 1 is 1.28 bits per heavy atom. The molecule has 4 nitrogen and oxygen atoms in total. The van der Waals surface area contributed by atoms with E-state index in [0.717, 1.165) is 16.7 Å². The van der Waals surface area contributed by atoms with Crippen LogP contribution in [0.4, 0.5) is 0 Å². The first-order chi connectivity index (χ1) is 8.25. The van der Waals surface area contributed by atoms with E-state index in [9.17, 15) is 9.59 Å². The highest BCUT2D eigenvalue weighted by molar-refractivity contribution is 5.87. The van der Waals surface area contributed by atoms with Crippen LogP contribution in [-0.4, -0.2) is 11.1 Å². The summed E-state index contributed by atoms with van der Waals surface area (Å²) in [5.74, 6) is -1.30. The molecule has 4 heteroatoms. The normalized spacial score (nSPS) is 12.0. The first-order valence-corrected chi connectivity index (χ1v) is 5.47. The maximum Gasteiger partial charge on any atom is 0.350 e. The fraction of sp³-hybridized carbons (Fsp3) is 0.286. The molecule has 0 saturated heterocycles. The number of rotatable bonds is 2. The van der Waals surface area contributed by atoms with Gasteiger partial charge >= 0.3 is 11.6 Å². The van der Waals surface area contributed by atoms with Crippen molar-refractivity contribution in [3.8, 4) is 0 Å². The largest absolute Gasteiger partial charge is 0.477 e. The Morgan fingerprint density at radius 3 is 2.28 bits per heavy atom. The molecule has 0 aromatic carbocycles. The van der Waals surface area contributed by atoms with E-state index < -0.39 is 11.6 Å². The number of carboxylic acid groups (broad SMARTS) is 1. The van der Waals surface area contributed by atoms with Gasteiger partial charge in [0.1, 0.15) is 11.0 Å². The topological polar surface area (TPSA) is 67.5 Å². The van der Waals surface area contributed by atoms with Gasteiger partial charge in [-0.15, -0.1) is 0 Å². The van der Waals surface area contributed by atoms with Crippen molar-refractivity contribution in [2.24, 2.45) is 0 Å². The average Bonchev–Trinajstić information content (AvgIpc) is 2.26. The van der Waals surface area contributed by atoms with E-state index in [-0.39, 0.29) is 11.0 Å². The minimum atomic E-state index is -1.30. The minimum Gasteiger partial charge on any atom is -0.477 e. The first-order valence-electron chi connectivity index (χ1n) is 5.47. The quantitative estimate of drug-likeness (QED) is 0.856. The molecule has 0 amide bonds. The van der Waals surface area contributed by atoms with E-state index >= 15 is 0 Å². The number of carbonyl (C=O) groups is 1. The van der Waals surface area contributed by atoms with Gasteiger partial charge in [0.05, 0.1) is 0 Å². The molecule has 1 heterocycles. The third kappa shape index (κ3) is 2.59. The van der Waals surface area contributed by atoms with Gasteiger partial charge in [0.2, 0.25) is 0 Å². The number of hydrogen-bond acceptors (Lipinski definition) is 3. The van der Waals surface area contributed by atoms with E-state index in [2.05, 4.69) is 6.58 Å². The second-order valence-corrected chi connectivity index (χ2v) is 4.34. The smallest absolute Gasteiger partial charge is 0.350 e. The highest BCUT2D eigenvalue weighted by Crippen LogP contribution is 2.12. The lowest BCUT2D eigenvalue weighted by molar-refractivity contribution is 0.0691. The first kappa shape index (κ1) is 14.0. The van der Waals surface area contributed by atoms with Gasteiger partial charge in [-0.2, -0.15) is 0 Å². The van der Waals surface area contributed by atoms with Crippen molar-refractivity contribution in [1.29, 1.82) is 0 Å². The van der Waals surface area contributed by atoms with E-state index in [1.165, 1.54) is 6.07 Å². The van der Waals surface area contributed by atoms with Crippen molar-refractivity contribution in [3.05, 3.63) is 43.8 Å². The van der Waals surface area contributed by atoms with Crippen LogP contribution in [0.1, 0.15) is 38.1 Å². The summed E-state index contributed by atoms with van der Waals surface area (Å²) in [6.45, 7) is 11.3. The van der Waals surface area contributed by atoms with Crippen molar-refractivity contribution in [2.45, 2.75) is 27.7 Å². The summed E-state index contributed by atoms with van der Waals surface area (Å²) >= 11 is 0. The fourth-order valence-electron chi connectivity index (χ4n) is 1.55. The summed E-state index contributed by atoms with van der Waals surface area (Å²) in [7, 11) is 0. The summed E-state index contributed by atoms with van der Waals surface area (Å²) in [6.07, 6.45) is 0. The van der Waals surface area contributed by atoms with Crippen LogP contribution in [0.25, 0.3) is 12.2 Å². The molecule has 1 rings (SSSR count). The maximum atomic E-state index is 11.4. The fourth-order valence-corrected chi connectivity index (χ4v) is 1.55. The Bertz CT molecular complexity index is 685. The van der Waals surface area contributed by atoms with Crippen LogP contribution in [0, 0.1) is 0 Å². The second kappa shape index (κ2) is 5.04. The van der Waals surface area contributed by atoms with Crippen LogP contribution in [-0.2, 0) is 0 Å². The van der Waals surface area contributed by atoms with Crippen LogP contribution < -0.4 is 16.3 Å². The summed E-state index contributed by atoms with van der Waals surface area (Å²) in [5, 5.41) is 9.46. The summed E-state index contributed by atoms with van der Waals surface area (Å²) in [4.78, 5) is 22.3. The summed E-state index contributed by atoms with van der Waals surface area (Å²) in [5.41, 5.74) is 1.91. The zero-order chi connectivity index (χ0) is 14.0. The zero-order valence-corrected chi connectivity index (χ0v) is 11.0. The van der Waals surface area contributed by atoms with Crippen LogP contribution in [0.5, 0.6) is 0 Å². The van der Waals surface area contributed by atoms with Crippen molar-refractivity contribution in [1.82, 2.24) is 0 Å². The predicted octanol–water partition coefficient (Wildman–Crippen LogP) is 1.28. The van der Waals surface area contributed by atoms with Crippen LogP contribution in [0.2, 0.25) is 0 Å². The Labute approximate surface area is 105 Å². The number of allylic oxidation sites excluding steroid dienone is 2. The molecular weight excluding hydrogens is 232 g/mol. The highest BCUT2D eigenvalue weighted by Gasteiger charge is 2.11.